The molecular weight excluding hydrogens is 376 g/mol. The van der Waals surface area contributed by atoms with Gasteiger partial charge in [-0.25, -0.2) is 4.79 Å². The van der Waals surface area contributed by atoms with Gasteiger partial charge in [-0.05, 0) is 33.1 Å². The summed E-state index contributed by atoms with van der Waals surface area (Å²) in [5, 5.41) is 22.0. The monoisotopic (exact) mass is 402 g/mol. The van der Waals surface area contributed by atoms with Gasteiger partial charge in [0.2, 0.25) is 0 Å². The van der Waals surface area contributed by atoms with E-state index in [2.05, 4.69) is 13.5 Å². The van der Waals surface area contributed by atoms with E-state index in [9.17, 15) is 25.0 Å². The molecule has 0 aliphatic heterocycles. The van der Waals surface area contributed by atoms with Crippen LogP contribution in [-0.4, -0.2) is 22.4 Å². The number of ether oxygens (including phenoxy) is 1. The topological polar surface area (TPSA) is 113 Å². The van der Waals surface area contributed by atoms with Gasteiger partial charge in [0.15, 0.2) is 0 Å². The number of carbonyl (C=O) groups is 1. The molecule has 0 unspecified atom stereocenters. The molecule has 0 radical (unpaired) electrons. The number of nitro groups is 2. The van der Waals surface area contributed by atoms with Crippen molar-refractivity contribution in [2.24, 2.45) is 11.3 Å². The summed E-state index contributed by atoms with van der Waals surface area (Å²) < 4.78 is 5.37. The Hall–Kier alpha value is -3.03. The van der Waals surface area contributed by atoms with Crippen LogP contribution in [-0.2, 0) is 4.74 Å². The lowest BCUT2D eigenvalue weighted by Crippen LogP contribution is -2.24. The Kier molecular flexibility index (Phi) is 6.56. The molecule has 0 saturated heterocycles. The molecule has 0 N–H and O–H groups in total. The highest BCUT2D eigenvalue weighted by atomic mass is 16.6. The van der Waals surface area contributed by atoms with Crippen LogP contribution in [0.1, 0.15) is 57.3 Å². The molecule has 0 fully saturated rings. The van der Waals surface area contributed by atoms with Gasteiger partial charge in [-0.15, -0.1) is 0 Å². The molecule has 8 heteroatoms. The molecule has 29 heavy (non-hydrogen) atoms. The van der Waals surface area contributed by atoms with Crippen molar-refractivity contribution in [3.63, 3.8) is 0 Å². The van der Waals surface area contributed by atoms with Crippen LogP contribution in [0.15, 0.2) is 41.5 Å². The van der Waals surface area contributed by atoms with Crippen molar-refractivity contribution in [3.8, 4) is 0 Å². The summed E-state index contributed by atoms with van der Waals surface area (Å²) in [6.07, 6.45) is 2.81. The van der Waals surface area contributed by atoms with Crippen LogP contribution in [0.25, 0.3) is 0 Å². The normalized spacial score (nSPS) is 16.6. The second-order valence-corrected chi connectivity index (χ2v) is 8.41. The molecule has 1 aromatic rings. The van der Waals surface area contributed by atoms with Gasteiger partial charge >= 0.3 is 5.97 Å². The molecule has 0 saturated carbocycles. The van der Waals surface area contributed by atoms with Crippen LogP contribution in [0, 0.1) is 31.6 Å². The number of nitrogens with zero attached hydrogens (tertiary/aromatic N) is 2. The number of hydrogen-bond donors (Lipinski definition) is 0. The molecule has 1 atom stereocenters. The van der Waals surface area contributed by atoms with Crippen molar-refractivity contribution in [1.29, 1.82) is 0 Å². The first-order valence-corrected chi connectivity index (χ1v) is 9.36. The van der Waals surface area contributed by atoms with Crippen molar-refractivity contribution in [2.75, 3.05) is 6.61 Å². The standard InChI is InChI=1S/C21H26N2O6/c1-13(2)18-7-6-14(3)19(18)11-21(4,5)12-29-20(24)15-8-16(22(25)26)10-17(9-15)23(27)28/h8-10,18H,1,6-7,11-12H2,2-5H3/t18-/m0/s1. The summed E-state index contributed by atoms with van der Waals surface area (Å²) in [6, 6.07) is 2.79. The van der Waals surface area contributed by atoms with Gasteiger partial charge in [0.05, 0.1) is 28.1 Å². The second-order valence-electron chi connectivity index (χ2n) is 8.41. The van der Waals surface area contributed by atoms with E-state index in [1.165, 1.54) is 11.1 Å². The van der Waals surface area contributed by atoms with E-state index in [1.807, 2.05) is 20.8 Å². The number of hydrogen-bond acceptors (Lipinski definition) is 6. The molecular formula is C21H26N2O6. The molecule has 0 spiro atoms. The average molecular weight is 402 g/mol. The third-order valence-electron chi connectivity index (χ3n) is 5.19. The van der Waals surface area contributed by atoms with Crippen molar-refractivity contribution < 1.29 is 19.4 Å². The average Bonchev–Trinajstić information content (AvgIpc) is 2.99. The van der Waals surface area contributed by atoms with E-state index in [0.717, 1.165) is 43.0 Å². The summed E-state index contributed by atoms with van der Waals surface area (Å²) in [6.45, 7) is 12.3. The van der Waals surface area contributed by atoms with E-state index in [1.54, 1.807) is 0 Å². The van der Waals surface area contributed by atoms with Crippen LogP contribution in [0.2, 0.25) is 0 Å². The second kappa shape index (κ2) is 8.55. The predicted octanol–water partition coefficient (Wildman–Crippen LogP) is 5.38. The fourth-order valence-electron chi connectivity index (χ4n) is 3.65. The van der Waals surface area contributed by atoms with Crippen molar-refractivity contribution in [2.45, 2.75) is 47.0 Å². The van der Waals surface area contributed by atoms with E-state index in [4.69, 9.17) is 4.74 Å². The third-order valence-corrected chi connectivity index (χ3v) is 5.19. The van der Waals surface area contributed by atoms with Gasteiger partial charge in [0.25, 0.3) is 11.4 Å². The molecule has 8 nitrogen and oxygen atoms in total. The lowest BCUT2D eigenvalue weighted by Gasteiger charge is -2.28. The number of non-ortho nitro benzene ring substituents is 2. The largest absolute Gasteiger partial charge is 0.462 e. The molecule has 0 aromatic heterocycles. The lowest BCUT2D eigenvalue weighted by atomic mass is 9.80. The highest BCUT2D eigenvalue weighted by Gasteiger charge is 2.31. The SMILES string of the molecule is C=C(C)[C@@H]1CCC(C)=C1CC(C)(C)COC(=O)c1cc([N+](=O)[O-])cc([N+](=O)[O-])c1. The number of rotatable bonds is 8. The molecule has 0 bridgehead atoms. The molecule has 156 valence electrons. The van der Waals surface area contributed by atoms with Gasteiger partial charge in [-0.3, -0.25) is 20.2 Å². The van der Waals surface area contributed by atoms with Gasteiger partial charge in [0.1, 0.15) is 0 Å². The van der Waals surface area contributed by atoms with E-state index < -0.39 is 27.2 Å². The number of allylic oxidation sites excluding steroid dienone is 3. The zero-order chi connectivity index (χ0) is 21.9. The first kappa shape index (κ1) is 22.3. The Morgan fingerprint density at radius 3 is 2.24 bits per heavy atom. The maximum atomic E-state index is 12.4. The zero-order valence-electron chi connectivity index (χ0n) is 17.2. The van der Waals surface area contributed by atoms with Crippen LogP contribution in [0.3, 0.4) is 0 Å². The third kappa shape index (κ3) is 5.49. The molecule has 1 aliphatic carbocycles. The lowest BCUT2D eigenvalue weighted by molar-refractivity contribution is -0.394. The summed E-state index contributed by atoms with van der Waals surface area (Å²) in [5.74, 6) is -0.483. The van der Waals surface area contributed by atoms with Crippen LogP contribution in [0.4, 0.5) is 11.4 Å². The molecule has 2 rings (SSSR count). The van der Waals surface area contributed by atoms with Gasteiger partial charge in [-0.2, -0.15) is 0 Å². The Labute approximate surface area is 169 Å². The molecule has 0 amide bonds. The first-order valence-electron chi connectivity index (χ1n) is 9.36. The fraction of sp³-hybridized carbons (Fsp3) is 0.476. The quantitative estimate of drug-likeness (QED) is 0.250. The summed E-state index contributed by atoms with van der Waals surface area (Å²) in [4.78, 5) is 32.9. The number of nitro benzene ring substituents is 2. The van der Waals surface area contributed by atoms with Gasteiger partial charge < -0.3 is 4.74 Å². The Bertz CT molecular complexity index is 868. The van der Waals surface area contributed by atoms with Crippen molar-refractivity contribution in [1.82, 2.24) is 0 Å². The Morgan fingerprint density at radius 2 is 1.76 bits per heavy atom. The maximum Gasteiger partial charge on any atom is 0.338 e. The van der Waals surface area contributed by atoms with E-state index in [0.29, 0.717) is 5.92 Å². The predicted molar refractivity (Wildman–Crippen MR) is 109 cm³/mol. The van der Waals surface area contributed by atoms with Gasteiger partial charge in [-0.1, -0.05) is 37.1 Å². The van der Waals surface area contributed by atoms with Crippen LogP contribution < -0.4 is 0 Å². The van der Waals surface area contributed by atoms with Crippen molar-refractivity contribution >= 4 is 17.3 Å². The van der Waals surface area contributed by atoms with Gasteiger partial charge in [0, 0.05) is 23.5 Å². The number of esters is 1. The number of benzene rings is 1. The Morgan fingerprint density at radius 1 is 1.21 bits per heavy atom. The first-order chi connectivity index (χ1) is 13.4. The maximum absolute atomic E-state index is 12.4. The van der Waals surface area contributed by atoms with Crippen LogP contribution >= 0.6 is 0 Å². The minimum absolute atomic E-state index is 0.0853. The van der Waals surface area contributed by atoms with Crippen molar-refractivity contribution in [3.05, 3.63) is 67.3 Å². The minimum atomic E-state index is -0.821. The summed E-state index contributed by atoms with van der Waals surface area (Å²) >= 11 is 0. The fourth-order valence-corrected chi connectivity index (χ4v) is 3.65. The summed E-state index contributed by atoms with van der Waals surface area (Å²) in [7, 11) is 0. The highest BCUT2D eigenvalue weighted by Crippen LogP contribution is 2.42. The minimum Gasteiger partial charge on any atom is -0.462 e. The highest BCUT2D eigenvalue weighted by molar-refractivity contribution is 5.91. The van der Waals surface area contributed by atoms with E-state index >= 15 is 0 Å². The Balaban J connectivity index is 2.13. The molecule has 1 aromatic carbocycles. The number of carbonyl (C=O) groups excluding carboxylic acids is 1. The smallest absolute Gasteiger partial charge is 0.338 e. The summed E-state index contributed by atoms with van der Waals surface area (Å²) in [5.41, 5.74) is 2.15. The molecule has 0 heterocycles. The zero-order valence-corrected chi connectivity index (χ0v) is 17.2. The van der Waals surface area contributed by atoms with E-state index in [-0.39, 0.29) is 17.6 Å². The van der Waals surface area contributed by atoms with Crippen LogP contribution in [0.5, 0.6) is 0 Å². The molecule has 1 aliphatic rings.